The molecular weight excluding hydrogens is 236 g/mol. The minimum Gasteiger partial charge on any atom is -0.311 e. The molecule has 0 aliphatic rings. The number of rotatable bonds is 4. The van der Waals surface area contributed by atoms with Crippen molar-refractivity contribution < 1.29 is 0 Å². The number of nitrogens with zero attached hydrogens (tertiary/aromatic N) is 3. The molecule has 3 aromatic heterocycles. The van der Waals surface area contributed by atoms with Crippen LogP contribution in [0.25, 0.3) is 17.0 Å². The van der Waals surface area contributed by atoms with E-state index in [-0.39, 0.29) is 0 Å². The molecule has 0 aliphatic carbocycles. The Morgan fingerprint density at radius 1 is 1.16 bits per heavy atom. The first-order valence-corrected chi connectivity index (χ1v) is 6.48. The van der Waals surface area contributed by atoms with Crippen LogP contribution < -0.4 is 5.32 Å². The maximum absolute atomic E-state index is 4.74. The van der Waals surface area contributed by atoms with Gasteiger partial charge < -0.3 is 5.32 Å². The average Bonchev–Trinajstić information content (AvgIpc) is 2.85. The molecule has 0 saturated heterocycles. The van der Waals surface area contributed by atoms with Crippen LogP contribution in [0.5, 0.6) is 0 Å². The molecule has 0 unspecified atom stereocenters. The predicted molar refractivity (Wildman–Crippen MR) is 75.8 cm³/mol. The van der Waals surface area contributed by atoms with E-state index in [1.807, 2.05) is 36.5 Å². The second-order valence-corrected chi connectivity index (χ2v) is 4.33. The van der Waals surface area contributed by atoms with Crippen LogP contribution in [0.4, 0.5) is 0 Å². The number of hydrogen-bond donors (Lipinski definition) is 1. The van der Waals surface area contributed by atoms with Gasteiger partial charge in [0.2, 0.25) is 0 Å². The Hall–Kier alpha value is -2.20. The highest BCUT2D eigenvalue weighted by Crippen LogP contribution is 2.20. The first-order chi connectivity index (χ1) is 9.40. The lowest BCUT2D eigenvalue weighted by Crippen LogP contribution is -2.12. The van der Waals surface area contributed by atoms with Crippen molar-refractivity contribution in [1.82, 2.24) is 19.7 Å². The second kappa shape index (κ2) is 5.20. The molecular formula is C15H16N4. The summed E-state index contributed by atoms with van der Waals surface area (Å²) in [4.78, 5) is 9.12. The van der Waals surface area contributed by atoms with Crippen molar-refractivity contribution in [3.63, 3.8) is 0 Å². The Balaban J connectivity index is 2.15. The van der Waals surface area contributed by atoms with Crippen LogP contribution in [0.15, 0.2) is 48.8 Å². The maximum Gasteiger partial charge on any atom is 0.163 e. The number of imidazole rings is 1. The highest BCUT2D eigenvalue weighted by molar-refractivity contribution is 5.63. The van der Waals surface area contributed by atoms with Crippen molar-refractivity contribution in [2.75, 3.05) is 6.54 Å². The van der Waals surface area contributed by atoms with Gasteiger partial charge in [-0.15, -0.1) is 0 Å². The number of nitrogens with one attached hydrogen (secondary N) is 1. The summed E-state index contributed by atoms with van der Waals surface area (Å²) >= 11 is 0. The van der Waals surface area contributed by atoms with Crippen LogP contribution in [-0.4, -0.2) is 20.9 Å². The van der Waals surface area contributed by atoms with Crippen molar-refractivity contribution in [3.8, 4) is 11.5 Å². The Labute approximate surface area is 112 Å². The quantitative estimate of drug-likeness (QED) is 0.775. The molecule has 1 N–H and O–H groups in total. The normalized spacial score (nSPS) is 11.0. The molecule has 3 rings (SSSR count). The van der Waals surface area contributed by atoms with Gasteiger partial charge in [-0.05, 0) is 30.8 Å². The lowest BCUT2D eigenvalue weighted by molar-refractivity contribution is 0.718. The van der Waals surface area contributed by atoms with E-state index in [2.05, 4.69) is 27.7 Å². The van der Waals surface area contributed by atoms with Gasteiger partial charge in [0.15, 0.2) is 5.82 Å². The number of aromatic nitrogens is 3. The second-order valence-electron chi connectivity index (χ2n) is 4.33. The summed E-state index contributed by atoms with van der Waals surface area (Å²) in [6.07, 6.45) is 3.82. The zero-order chi connectivity index (χ0) is 13.1. The smallest absolute Gasteiger partial charge is 0.163 e. The van der Waals surface area contributed by atoms with Crippen LogP contribution in [0.3, 0.4) is 0 Å². The summed E-state index contributed by atoms with van der Waals surface area (Å²) in [5.74, 6) is 0.893. The third kappa shape index (κ3) is 2.22. The summed E-state index contributed by atoms with van der Waals surface area (Å²) in [6, 6.07) is 12.0. The summed E-state index contributed by atoms with van der Waals surface area (Å²) in [5, 5.41) is 3.33. The molecule has 3 aromatic rings. The van der Waals surface area contributed by atoms with Crippen molar-refractivity contribution in [1.29, 1.82) is 0 Å². The van der Waals surface area contributed by atoms with Crippen LogP contribution in [0.2, 0.25) is 0 Å². The first kappa shape index (κ1) is 11.9. The highest BCUT2D eigenvalue weighted by Gasteiger charge is 2.12. The lowest BCUT2D eigenvalue weighted by atomic mass is 10.3. The zero-order valence-corrected chi connectivity index (χ0v) is 10.9. The Morgan fingerprint density at radius 2 is 2.05 bits per heavy atom. The highest BCUT2D eigenvalue weighted by atomic mass is 15.1. The van der Waals surface area contributed by atoms with E-state index in [0.717, 1.165) is 35.8 Å². The molecule has 0 radical (unpaired) electrons. The van der Waals surface area contributed by atoms with Gasteiger partial charge in [-0.2, -0.15) is 0 Å². The van der Waals surface area contributed by atoms with Gasteiger partial charge in [-0.1, -0.05) is 19.1 Å². The third-order valence-corrected chi connectivity index (χ3v) is 3.06. The van der Waals surface area contributed by atoms with Crippen LogP contribution in [0.1, 0.15) is 12.6 Å². The third-order valence-electron chi connectivity index (χ3n) is 3.06. The fraction of sp³-hybridized carbons (Fsp3) is 0.200. The molecule has 3 heterocycles. The number of hydrogen-bond acceptors (Lipinski definition) is 3. The summed E-state index contributed by atoms with van der Waals surface area (Å²) in [6.45, 7) is 3.81. The van der Waals surface area contributed by atoms with Crippen LogP contribution >= 0.6 is 0 Å². The van der Waals surface area contributed by atoms with E-state index in [1.54, 1.807) is 6.20 Å². The molecule has 4 nitrogen and oxygen atoms in total. The Bertz CT molecular complexity index is 673. The Morgan fingerprint density at radius 3 is 2.84 bits per heavy atom. The lowest BCUT2D eigenvalue weighted by Gasteiger charge is -1.99. The standard InChI is InChI=1S/C15H16N4/c1-2-16-11-13-14-8-4-6-10-19(14)15(18-13)12-7-3-5-9-17-12/h3-10,16H,2,11H2,1H3. The Kier molecular flexibility index (Phi) is 3.25. The van der Waals surface area contributed by atoms with E-state index in [1.165, 1.54) is 0 Å². The van der Waals surface area contributed by atoms with Gasteiger partial charge in [0.1, 0.15) is 5.69 Å². The molecule has 0 amide bonds. The molecule has 96 valence electrons. The van der Waals surface area contributed by atoms with Crippen LogP contribution in [-0.2, 0) is 6.54 Å². The largest absolute Gasteiger partial charge is 0.311 e. The van der Waals surface area contributed by atoms with Gasteiger partial charge in [-0.3, -0.25) is 9.38 Å². The first-order valence-electron chi connectivity index (χ1n) is 6.48. The summed E-state index contributed by atoms with van der Waals surface area (Å²) in [7, 11) is 0. The summed E-state index contributed by atoms with van der Waals surface area (Å²) in [5.41, 5.74) is 3.08. The predicted octanol–water partition coefficient (Wildman–Crippen LogP) is 2.51. The van der Waals surface area contributed by atoms with Gasteiger partial charge in [0.25, 0.3) is 0 Å². The van der Waals surface area contributed by atoms with E-state index < -0.39 is 0 Å². The fourth-order valence-electron chi connectivity index (χ4n) is 2.15. The molecule has 19 heavy (non-hydrogen) atoms. The van der Waals surface area contributed by atoms with Gasteiger partial charge in [0, 0.05) is 18.9 Å². The molecule has 0 saturated carbocycles. The van der Waals surface area contributed by atoms with E-state index >= 15 is 0 Å². The number of fused-ring (bicyclic) bond motifs is 1. The van der Waals surface area contributed by atoms with Gasteiger partial charge in [-0.25, -0.2) is 4.98 Å². The zero-order valence-electron chi connectivity index (χ0n) is 10.9. The molecule has 0 atom stereocenters. The monoisotopic (exact) mass is 252 g/mol. The van der Waals surface area contributed by atoms with E-state index in [0.29, 0.717) is 0 Å². The minimum absolute atomic E-state index is 0.775. The van der Waals surface area contributed by atoms with Crippen molar-refractivity contribution in [3.05, 3.63) is 54.5 Å². The molecule has 0 aromatic carbocycles. The van der Waals surface area contributed by atoms with Gasteiger partial charge in [0.05, 0.1) is 11.2 Å². The molecule has 4 heteroatoms. The molecule has 0 spiro atoms. The SMILES string of the molecule is CCNCc1nc(-c2ccccn2)n2ccccc12. The maximum atomic E-state index is 4.74. The van der Waals surface area contributed by atoms with Crippen molar-refractivity contribution >= 4 is 5.52 Å². The van der Waals surface area contributed by atoms with E-state index in [4.69, 9.17) is 4.98 Å². The fourth-order valence-corrected chi connectivity index (χ4v) is 2.15. The van der Waals surface area contributed by atoms with Gasteiger partial charge >= 0.3 is 0 Å². The van der Waals surface area contributed by atoms with Crippen molar-refractivity contribution in [2.45, 2.75) is 13.5 Å². The minimum atomic E-state index is 0.775. The average molecular weight is 252 g/mol. The topological polar surface area (TPSA) is 42.2 Å². The van der Waals surface area contributed by atoms with E-state index in [9.17, 15) is 0 Å². The molecule has 0 aliphatic heterocycles. The van der Waals surface area contributed by atoms with Crippen LogP contribution in [0, 0.1) is 0 Å². The summed E-state index contributed by atoms with van der Waals surface area (Å²) < 4.78 is 2.09. The van der Waals surface area contributed by atoms with Crippen molar-refractivity contribution in [2.24, 2.45) is 0 Å². The number of pyridine rings is 2. The molecule has 0 bridgehead atoms. The molecule has 0 fully saturated rings.